The van der Waals surface area contributed by atoms with Crippen molar-refractivity contribution in [2.75, 3.05) is 24.5 Å². The van der Waals surface area contributed by atoms with Gasteiger partial charge in [0.25, 0.3) is 0 Å². The fraction of sp³-hybridized carbons (Fsp3) is 0.600. The number of anilines is 1. The van der Waals surface area contributed by atoms with Gasteiger partial charge >= 0.3 is 0 Å². The minimum absolute atomic E-state index is 0.103. The van der Waals surface area contributed by atoms with E-state index in [-0.39, 0.29) is 11.8 Å². The van der Waals surface area contributed by atoms with Crippen LogP contribution in [0, 0.1) is 11.8 Å². The van der Waals surface area contributed by atoms with Crippen molar-refractivity contribution in [2.45, 2.75) is 44.9 Å². The molecule has 0 radical (unpaired) electrons. The van der Waals surface area contributed by atoms with Gasteiger partial charge in [0.2, 0.25) is 11.9 Å². The van der Waals surface area contributed by atoms with E-state index in [4.69, 9.17) is 0 Å². The number of piperidine rings is 1. The first-order valence-corrected chi connectivity index (χ1v) is 10.2. The van der Waals surface area contributed by atoms with E-state index in [9.17, 15) is 4.79 Å². The number of nitrogens with one attached hydrogen (secondary N) is 1. The van der Waals surface area contributed by atoms with Gasteiger partial charge in [-0.15, -0.1) is 0 Å². The van der Waals surface area contributed by atoms with Crippen LogP contribution in [0.2, 0.25) is 0 Å². The van der Waals surface area contributed by atoms with Crippen molar-refractivity contribution >= 4 is 11.9 Å². The maximum atomic E-state index is 12.5. The third-order valence-corrected chi connectivity index (χ3v) is 5.89. The van der Waals surface area contributed by atoms with Gasteiger partial charge < -0.3 is 10.2 Å². The van der Waals surface area contributed by atoms with E-state index in [1.165, 1.54) is 32.1 Å². The van der Waals surface area contributed by atoms with Gasteiger partial charge in [0.15, 0.2) is 0 Å². The number of aromatic nitrogens is 4. The minimum atomic E-state index is 0.103. The molecule has 1 saturated carbocycles. The van der Waals surface area contributed by atoms with Gasteiger partial charge in [-0.1, -0.05) is 42.6 Å². The Morgan fingerprint density at radius 2 is 1.78 bits per heavy atom. The summed E-state index contributed by atoms with van der Waals surface area (Å²) in [6, 6.07) is 9.91. The molecule has 0 bridgehead atoms. The van der Waals surface area contributed by atoms with Crippen LogP contribution in [-0.2, 0) is 4.79 Å². The maximum Gasteiger partial charge on any atom is 0.250 e. The normalized spacial score (nSPS) is 19.2. The Labute approximate surface area is 160 Å². The van der Waals surface area contributed by atoms with E-state index < -0.39 is 0 Å². The van der Waals surface area contributed by atoms with Crippen molar-refractivity contribution in [3.8, 4) is 5.69 Å². The molecule has 7 heteroatoms. The number of hydrogen-bond acceptors (Lipinski definition) is 5. The Morgan fingerprint density at radius 3 is 2.52 bits per heavy atom. The molecule has 2 aromatic rings. The van der Waals surface area contributed by atoms with Crippen molar-refractivity contribution in [3.05, 3.63) is 30.3 Å². The molecule has 1 saturated heterocycles. The Morgan fingerprint density at radius 1 is 1.04 bits per heavy atom. The standard InChI is InChI=1S/C20H28N6O/c27-19(21-15-16-7-3-1-4-8-16)17-11-13-25(14-12-17)20-22-23-24-26(20)18-9-5-2-6-10-18/h2,5-6,9-10,16-17H,1,3-4,7-8,11-15H2,(H,21,27). The van der Waals surface area contributed by atoms with Crippen molar-refractivity contribution < 1.29 is 4.79 Å². The molecular formula is C20H28N6O. The predicted molar refractivity (Wildman–Crippen MR) is 104 cm³/mol. The second-order valence-corrected chi connectivity index (χ2v) is 7.74. The Kier molecular flexibility index (Phi) is 5.65. The fourth-order valence-corrected chi connectivity index (χ4v) is 4.24. The van der Waals surface area contributed by atoms with Crippen LogP contribution in [0.25, 0.3) is 5.69 Å². The minimum Gasteiger partial charge on any atom is -0.356 e. The number of benzene rings is 1. The lowest BCUT2D eigenvalue weighted by Crippen LogP contribution is -2.42. The molecule has 0 spiro atoms. The lowest BCUT2D eigenvalue weighted by atomic mass is 9.89. The summed E-state index contributed by atoms with van der Waals surface area (Å²) in [5.74, 6) is 1.76. The number of para-hydroxylation sites is 1. The third kappa shape index (κ3) is 4.28. The monoisotopic (exact) mass is 368 g/mol. The van der Waals surface area contributed by atoms with Gasteiger partial charge in [0.05, 0.1) is 5.69 Å². The average Bonchev–Trinajstić information content (AvgIpc) is 3.23. The molecule has 1 amide bonds. The summed E-state index contributed by atoms with van der Waals surface area (Å²) < 4.78 is 1.77. The summed E-state index contributed by atoms with van der Waals surface area (Å²) in [7, 11) is 0. The Bertz CT molecular complexity index is 732. The quantitative estimate of drug-likeness (QED) is 0.878. The van der Waals surface area contributed by atoms with Crippen LogP contribution in [-0.4, -0.2) is 45.7 Å². The van der Waals surface area contributed by atoms with E-state index in [2.05, 4.69) is 25.7 Å². The van der Waals surface area contributed by atoms with Crippen LogP contribution >= 0.6 is 0 Å². The van der Waals surface area contributed by atoms with Crippen LogP contribution in [0.15, 0.2) is 30.3 Å². The zero-order valence-corrected chi connectivity index (χ0v) is 15.8. The molecule has 0 atom stereocenters. The summed E-state index contributed by atoms with van der Waals surface area (Å²) in [5, 5.41) is 15.4. The smallest absolute Gasteiger partial charge is 0.250 e. The molecule has 1 aromatic heterocycles. The van der Waals surface area contributed by atoms with Crippen LogP contribution < -0.4 is 10.2 Å². The molecule has 1 N–H and O–H groups in total. The zero-order valence-electron chi connectivity index (χ0n) is 15.8. The molecular weight excluding hydrogens is 340 g/mol. The summed E-state index contributed by atoms with van der Waals surface area (Å²) in [5.41, 5.74) is 0.949. The number of rotatable bonds is 5. The molecule has 0 unspecified atom stereocenters. The van der Waals surface area contributed by atoms with E-state index in [0.717, 1.165) is 44.1 Å². The van der Waals surface area contributed by atoms with Gasteiger partial charge in [-0.2, -0.15) is 4.68 Å². The second-order valence-electron chi connectivity index (χ2n) is 7.74. The molecule has 2 fully saturated rings. The van der Waals surface area contributed by atoms with Crippen molar-refractivity contribution in [2.24, 2.45) is 11.8 Å². The maximum absolute atomic E-state index is 12.5. The predicted octanol–water partition coefficient (Wildman–Crippen LogP) is 2.58. The van der Waals surface area contributed by atoms with Crippen LogP contribution in [0.4, 0.5) is 5.95 Å². The van der Waals surface area contributed by atoms with Gasteiger partial charge in [0.1, 0.15) is 0 Å². The molecule has 4 rings (SSSR count). The van der Waals surface area contributed by atoms with Crippen LogP contribution in [0.1, 0.15) is 44.9 Å². The summed E-state index contributed by atoms with van der Waals surface area (Å²) >= 11 is 0. The van der Waals surface area contributed by atoms with Crippen LogP contribution in [0.3, 0.4) is 0 Å². The highest BCUT2D eigenvalue weighted by atomic mass is 16.1. The highest BCUT2D eigenvalue weighted by Gasteiger charge is 2.28. The Hall–Kier alpha value is -2.44. The molecule has 1 aliphatic carbocycles. The SMILES string of the molecule is O=C(NCC1CCCCC1)C1CCN(c2nnnn2-c2ccccc2)CC1. The molecule has 7 nitrogen and oxygen atoms in total. The summed E-state index contributed by atoms with van der Waals surface area (Å²) in [6.07, 6.45) is 8.20. The Balaban J connectivity index is 1.30. The number of carbonyl (C=O) groups excluding carboxylic acids is 1. The van der Waals surface area contributed by atoms with E-state index >= 15 is 0 Å². The van der Waals surface area contributed by atoms with Gasteiger partial charge in [-0.05, 0) is 54.2 Å². The number of amides is 1. The third-order valence-electron chi connectivity index (χ3n) is 5.89. The summed E-state index contributed by atoms with van der Waals surface area (Å²) in [6.45, 7) is 2.45. The highest BCUT2D eigenvalue weighted by molar-refractivity contribution is 5.78. The molecule has 1 aromatic carbocycles. The first kappa shape index (κ1) is 17.9. The van der Waals surface area contributed by atoms with Crippen molar-refractivity contribution in [3.63, 3.8) is 0 Å². The molecule has 2 aliphatic rings. The first-order chi connectivity index (χ1) is 13.3. The number of carbonyl (C=O) groups is 1. The summed E-state index contributed by atoms with van der Waals surface area (Å²) in [4.78, 5) is 14.7. The number of tetrazole rings is 1. The molecule has 27 heavy (non-hydrogen) atoms. The molecule has 144 valence electrons. The van der Waals surface area contributed by atoms with Gasteiger partial charge in [0, 0.05) is 25.6 Å². The van der Waals surface area contributed by atoms with Crippen LogP contribution in [0.5, 0.6) is 0 Å². The topological polar surface area (TPSA) is 75.9 Å². The van der Waals surface area contributed by atoms with Gasteiger partial charge in [-0.25, -0.2) is 0 Å². The first-order valence-electron chi connectivity index (χ1n) is 10.2. The fourth-order valence-electron chi connectivity index (χ4n) is 4.24. The van der Waals surface area contributed by atoms with E-state index in [1.54, 1.807) is 4.68 Å². The largest absolute Gasteiger partial charge is 0.356 e. The lowest BCUT2D eigenvalue weighted by molar-refractivity contribution is -0.125. The number of hydrogen-bond donors (Lipinski definition) is 1. The second kappa shape index (κ2) is 8.50. The average molecular weight is 368 g/mol. The molecule has 1 aliphatic heterocycles. The van der Waals surface area contributed by atoms with Crippen molar-refractivity contribution in [1.29, 1.82) is 0 Å². The van der Waals surface area contributed by atoms with E-state index in [0.29, 0.717) is 5.92 Å². The highest BCUT2D eigenvalue weighted by Crippen LogP contribution is 2.25. The van der Waals surface area contributed by atoms with Crippen molar-refractivity contribution in [1.82, 2.24) is 25.5 Å². The van der Waals surface area contributed by atoms with E-state index in [1.807, 2.05) is 30.3 Å². The van der Waals surface area contributed by atoms with Gasteiger partial charge in [-0.3, -0.25) is 4.79 Å². The number of nitrogens with zero attached hydrogens (tertiary/aromatic N) is 5. The zero-order chi connectivity index (χ0) is 18.5. The lowest BCUT2D eigenvalue weighted by Gasteiger charge is -2.32. The molecule has 2 heterocycles.